The van der Waals surface area contributed by atoms with E-state index in [0.29, 0.717) is 42.3 Å². The monoisotopic (exact) mass is 469 g/mol. The molecule has 0 radical (unpaired) electrons. The molecule has 1 atom stereocenters. The van der Waals surface area contributed by atoms with Crippen molar-refractivity contribution in [1.29, 1.82) is 0 Å². The number of sulfonamides is 1. The standard InChI is InChI=1S/C24H27N3O5S/c1-16(2)15-27-21-11-8-19(14-22(21)32-17(3)24(27)29)25-23(28)18-6-9-20(10-7-18)33(30,31)26-12-4-5-13-26/h6-11,14,17H,1,4-5,12-13,15H2,2-3H3,(H,25,28). The van der Waals surface area contributed by atoms with E-state index < -0.39 is 16.1 Å². The van der Waals surface area contributed by atoms with Crippen molar-refractivity contribution in [3.63, 3.8) is 0 Å². The lowest BCUT2D eigenvalue weighted by molar-refractivity contribution is -0.125. The summed E-state index contributed by atoms with van der Waals surface area (Å²) in [6.45, 7) is 8.85. The average molecular weight is 470 g/mol. The molecule has 2 aromatic carbocycles. The molecule has 8 nitrogen and oxygen atoms in total. The number of amides is 2. The molecule has 2 aliphatic heterocycles. The first-order valence-electron chi connectivity index (χ1n) is 10.8. The van der Waals surface area contributed by atoms with Crippen LogP contribution >= 0.6 is 0 Å². The molecule has 1 unspecified atom stereocenters. The van der Waals surface area contributed by atoms with Gasteiger partial charge in [0, 0.05) is 37.0 Å². The third-order valence-corrected chi connectivity index (χ3v) is 7.59. The summed E-state index contributed by atoms with van der Waals surface area (Å²) in [5.41, 5.74) is 2.30. The predicted molar refractivity (Wildman–Crippen MR) is 126 cm³/mol. The Morgan fingerprint density at radius 3 is 2.45 bits per heavy atom. The summed E-state index contributed by atoms with van der Waals surface area (Å²) in [6, 6.07) is 11.0. The van der Waals surface area contributed by atoms with Gasteiger partial charge in [-0.3, -0.25) is 9.59 Å². The predicted octanol–water partition coefficient (Wildman–Crippen LogP) is 3.41. The molecule has 0 spiro atoms. The third-order valence-electron chi connectivity index (χ3n) is 5.67. The topological polar surface area (TPSA) is 96.0 Å². The lowest BCUT2D eigenvalue weighted by atomic mass is 10.1. The lowest BCUT2D eigenvalue weighted by Crippen LogP contribution is -2.45. The second-order valence-electron chi connectivity index (χ2n) is 8.41. The Kier molecular flexibility index (Phi) is 6.27. The Morgan fingerprint density at radius 2 is 1.82 bits per heavy atom. The minimum atomic E-state index is -3.53. The van der Waals surface area contributed by atoms with Gasteiger partial charge in [-0.2, -0.15) is 4.31 Å². The highest BCUT2D eigenvalue weighted by Gasteiger charge is 2.32. The van der Waals surface area contributed by atoms with Crippen LogP contribution in [0.1, 0.15) is 37.0 Å². The van der Waals surface area contributed by atoms with Gasteiger partial charge in [-0.1, -0.05) is 12.2 Å². The van der Waals surface area contributed by atoms with Crippen LogP contribution in [0.3, 0.4) is 0 Å². The fourth-order valence-corrected chi connectivity index (χ4v) is 5.50. The number of ether oxygens (including phenoxy) is 1. The van der Waals surface area contributed by atoms with Crippen molar-refractivity contribution in [2.45, 2.75) is 37.7 Å². The van der Waals surface area contributed by atoms with Crippen molar-refractivity contribution in [3.05, 3.63) is 60.2 Å². The Bertz CT molecular complexity index is 1200. The van der Waals surface area contributed by atoms with Gasteiger partial charge in [0.1, 0.15) is 5.75 Å². The van der Waals surface area contributed by atoms with Gasteiger partial charge in [0.05, 0.1) is 10.6 Å². The van der Waals surface area contributed by atoms with Crippen molar-refractivity contribution in [1.82, 2.24) is 4.31 Å². The normalized spacial score (nSPS) is 18.5. The molecule has 2 aliphatic rings. The van der Waals surface area contributed by atoms with Gasteiger partial charge < -0.3 is 15.0 Å². The van der Waals surface area contributed by atoms with E-state index in [-0.39, 0.29) is 16.7 Å². The maximum Gasteiger partial charge on any atom is 0.268 e. The second kappa shape index (κ2) is 8.99. The minimum absolute atomic E-state index is 0.147. The molecular weight excluding hydrogens is 442 g/mol. The van der Waals surface area contributed by atoms with Gasteiger partial charge in [0.2, 0.25) is 10.0 Å². The summed E-state index contributed by atoms with van der Waals surface area (Å²) in [4.78, 5) is 27.0. The molecule has 174 valence electrons. The van der Waals surface area contributed by atoms with Gasteiger partial charge in [-0.25, -0.2) is 8.42 Å². The number of hydrogen-bond acceptors (Lipinski definition) is 5. The minimum Gasteiger partial charge on any atom is -0.479 e. The lowest BCUT2D eigenvalue weighted by Gasteiger charge is -2.33. The molecule has 0 aliphatic carbocycles. The maximum absolute atomic E-state index is 12.7. The van der Waals surface area contributed by atoms with Crippen LogP contribution in [0.2, 0.25) is 0 Å². The SMILES string of the molecule is C=C(C)CN1C(=O)C(C)Oc2cc(NC(=O)c3ccc(S(=O)(=O)N4CCCC4)cc3)ccc21. The summed E-state index contributed by atoms with van der Waals surface area (Å²) in [6.07, 6.45) is 1.08. The van der Waals surface area contributed by atoms with E-state index in [4.69, 9.17) is 4.74 Å². The summed E-state index contributed by atoms with van der Waals surface area (Å²) in [5.74, 6) is -0.0294. The van der Waals surface area contributed by atoms with E-state index in [1.165, 1.54) is 28.6 Å². The van der Waals surface area contributed by atoms with Crippen LogP contribution in [0.15, 0.2) is 59.5 Å². The highest BCUT2D eigenvalue weighted by Crippen LogP contribution is 2.36. The van der Waals surface area contributed by atoms with Gasteiger partial charge in [-0.15, -0.1) is 0 Å². The molecule has 33 heavy (non-hydrogen) atoms. The summed E-state index contributed by atoms with van der Waals surface area (Å²) in [7, 11) is -3.53. The number of carbonyl (C=O) groups is 2. The number of carbonyl (C=O) groups excluding carboxylic acids is 2. The molecule has 2 heterocycles. The van der Waals surface area contributed by atoms with Crippen molar-refractivity contribution in [2.24, 2.45) is 0 Å². The van der Waals surface area contributed by atoms with Crippen molar-refractivity contribution in [2.75, 3.05) is 29.9 Å². The number of anilines is 2. The van der Waals surface area contributed by atoms with Crippen LogP contribution in [-0.2, 0) is 14.8 Å². The smallest absolute Gasteiger partial charge is 0.268 e. The van der Waals surface area contributed by atoms with Crippen molar-refractivity contribution < 1.29 is 22.7 Å². The number of nitrogens with zero attached hydrogens (tertiary/aromatic N) is 2. The van der Waals surface area contributed by atoms with E-state index in [9.17, 15) is 18.0 Å². The second-order valence-corrected chi connectivity index (χ2v) is 10.4. The molecule has 0 bridgehead atoms. The van der Waals surface area contributed by atoms with Crippen molar-refractivity contribution in [3.8, 4) is 5.75 Å². The fraction of sp³-hybridized carbons (Fsp3) is 0.333. The Labute approximate surface area is 193 Å². The largest absolute Gasteiger partial charge is 0.479 e. The van der Waals surface area contributed by atoms with Gasteiger partial charge in [-0.05, 0) is 63.1 Å². The summed E-state index contributed by atoms with van der Waals surface area (Å²) in [5, 5.41) is 2.80. The first-order valence-corrected chi connectivity index (χ1v) is 12.3. The maximum atomic E-state index is 12.7. The number of rotatable bonds is 6. The van der Waals surface area contributed by atoms with Crippen LogP contribution in [0, 0.1) is 0 Å². The van der Waals surface area contributed by atoms with E-state index in [1.807, 2.05) is 6.92 Å². The number of fused-ring (bicyclic) bond motifs is 1. The highest BCUT2D eigenvalue weighted by molar-refractivity contribution is 7.89. The Balaban J connectivity index is 1.50. The van der Waals surface area contributed by atoms with Crippen LogP contribution in [0.5, 0.6) is 5.75 Å². The zero-order chi connectivity index (χ0) is 23.8. The Hall–Kier alpha value is -3.17. The molecule has 0 saturated carbocycles. The van der Waals surface area contributed by atoms with Gasteiger partial charge in [0.25, 0.3) is 11.8 Å². The van der Waals surface area contributed by atoms with Gasteiger partial charge in [0.15, 0.2) is 6.10 Å². The van der Waals surface area contributed by atoms with Crippen molar-refractivity contribution >= 4 is 33.2 Å². The summed E-state index contributed by atoms with van der Waals surface area (Å²) >= 11 is 0. The fourth-order valence-electron chi connectivity index (χ4n) is 3.98. The van der Waals surface area contributed by atoms with Gasteiger partial charge >= 0.3 is 0 Å². The molecule has 1 N–H and O–H groups in total. The quantitative estimate of drug-likeness (QED) is 0.654. The van der Waals surface area contributed by atoms with Crippen LogP contribution in [-0.4, -0.2) is 50.3 Å². The number of benzene rings is 2. The Morgan fingerprint density at radius 1 is 1.15 bits per heavy atom. The van der Waals surface area contributed by atoms with Crippen LogP contribution in [0.4, 0.5) is 11.4 Å². The number of nitrogens with one attached hydrogen (secondary N) is 1. The third kappa shape index (κ3) is 4.65. The molecular formula is C24H27N3O5S. The average Bonchev–Trinajstić information content (AvgIpc) is 3.32. The van der Waals surface area contributed by atoms with Crippen LogP contribution < -0.4 is 15.0 Å². The molecule has 2 aromatic rings. The molecule has 0 aromatic heterocycles. The van der Waals surface area contributed by atoms with E-state index in [1.54, 1.807) is 30.0 Å². The van der Waals surface area contributed by atoms with Crippen LogP contribution in [0.25, 0.3) is 0 Å². The first-order chi connectivity index (χ1) is 15.7. The van der Waals surface area contributed by atoms with E-state index >= 15 is 0 Å². The van der Waals surface area contributed by atoms with E-state index in [2.05, 4.69) is 11.9 Å². The molecule has 4 rings (SSSR count). The summed E-state index contributed by atoms with van der Waals surface area (Å²) < 4.78 is 32.5. The van der Waals surface area contributed by atoms with E-state index in [0.717, 1.165) is 18.4 Å². The molecule has 2 amide bonds. The first kappa shape index (κ1) is 23.0. The number of hydrogen-bond donors (Lipinski definition) is 1. The molecule has 9 heteroatoms. The zero-order valence-corrected chi connectivity index (χ0v) is 19.5. The highest BCUT2D eigenvalue weighted by atomic mass is 32.2. The zero-order valence-electron chi connectivity index (χ0n) is 18.7. The molecule has 1 saturated heterocycles. The molecule has 1 fully saturated rings.